The minimum absolute atomic E-state index is 0.119. The molecular weight excluding hydrogens is 362 g/mol. The van der Waals surface area contributed by atoms with Gasteiger partial charge in [0, 0.05) is 18.7 Å². The van der Waals surface area contributed by atoms with Gasteiger partial charge >= 0.3 is 0 Å². The highest BCUT2D eigenvalue weighted by atomic mass is 32.2. The molecule has 3 aromatic rings. The topological polar surface area (TPSA) is 12.5 Å². The first-order valence-electron chi connectivity index (χ1n) is 9.79. The number of hydrogen-bond acceptors (Lipinski definition) is 2. The number of ether oxygens (including phenoxy) is 1. The normalized spacial score (nSPS) is 11.2. The van der Waals surface area contributed by atoms with Crippen molar-refractivity contribution >= 4 is 10.9 Å². The van der Waals surface area contributed by atoms with Crippen molar-refractivity contribution in [2.75, 3.05) is 27.2 Å². The molecule has 0 aromatic heterocycles. The van der Waals surface area contributed by atoms with E-state index in [1.54, 1.807) is 0 Å². The fourth-order valence-corrected chi connectivity index (χ4v) is 5.60. The Morgan fingerprint density at radius 3 is 1.71 bits per heavy atom. The maximum absolute atomic E-state index is 6.14. The van der Waals surface area contributed by atoms with Crippen molar-refractivity contribution in [1.82, 2.24) is 4.90 Å². The van der Waals surface area contributed by atoms with Gasteiger partial charge in [-0.1, -0.05) is 36.4 Å². The number of nitrogens with zero attached hydrogens (tertiary/aromatic N) is 1. The molecule has 0 N–H and O–H groups in total. The van der Waals surface area contributed by atoms with Crippen LogP contribution in [0.1, 0.15) is 17.5 Å². The molecule has 0 radical (unpaired) electrons. The molecule has 28 heavy (non-hydrogen) atoms. The molecule has 0 aliphatic rings. The van der Waals surface area contributed by atoms with Crippen molar-refractivity contribution in [2.45, 2.75) is 35.0 Å². The average molecular weight is 393 g/mol. The Balaban J connectivity index is 1.91. The lowest BCUT2D eigenvalue weighted by atomic mass is 10.1. The van der Waals surface area contributed by atoms with Gasteiger partial charge in [0.1, 0.15) is 5.75 Å². The molecule has 0 saturated carbocycles. The van der Waals surface area contributed by atoms with Crippen LogP contribution in [-0.2, 0) is 10.9 Å². The molecule has 0 aliphatic heterocycles. The van der Waals surface area contributed by atoms with Gasteiger partial charge in [0.2, 0.25) is 0 Å². The van der Waals surface area contributed by atoms with Crippen molar-refractivity contribution < 1.29 is 4.74 Å². The maximum Gasteiger partial charge on any atom is 0.167 e. The molecule has 0 atom stereocenters. The molecule has 3 heteroatoms. The highest BCUT2D eigenvalue weighted by molar-refractivity contribution is 7.97. The molecule has 0 amide bonds. The second kappa shape index (κ2) is 9.81. The summed E-state index contributed by atoms with van der Waals surface area (Å²) < 4.78 is 6.14. The smallest absolute Gasteiger partial charge is 0.167 e. The van der Waals surface area contributed by atoms with Gasteiger partial charge in [-0.2, -0.15) is 0 Å². The monoisotopic (exact) mass is 392 g/mol. The number of hydrogen-bond donors (Lipinski definition) is 0. The zero-order chi connectivity index (χ0) is 19.9. The van der Waals surface area contributed by atoms with Crippen molar-refractivity contribution in [3.05, 3.63) is 83.9 Å². The Hall–Kier alpha value is -2.23. The zero-order valence-electron chi connectivity index (χ0n) is 17.3. The summed E-state index contributed by atoms with van der Waals surface area (Å²) in [6.07, 6.45) is 1.03. The van der Waals surface area contributed by atoms with Crippen LogP contribution in [0.15, 0.2) is 87.5 Å². The Bertz CT molecular complexity index is 815. The first kappa shape index (κ1) is 20.5. The van der Waals surface area contributed by atoms with E-state index in [-0.39, 0.29) is 10.9 Å². The predicted octanol–water partition coefficient (Wildman–Crippen LogP) is 5.73. The fourth-order valence-electron chi connectivity index (χ4n) is 3.33. The molecule has 2 nitrogen and oxygen atoms in total. The van der Waals surface area contributed by atoms with Crippen molar-refractivity contribution in [2.24, 2.45) is 0 Å². The minimum atomic E-state index is -0.119. The van der Waals surface area contributed by atoms with Gasteiger partial charge < -0.3 is 9.64 Å². The molecular formula is C25H30NOS+. The van der Waals surface area contributed by atoms with Crippen LogP contribution < -0.4 is 4.74 Å². The summed E-state index contributed by atoms with van der Waals surface area (Å²) in [4.78, 5) is 6.21. The van der Waals surface area contributed by atoms with Crippen molar-refractivity contribution in [3.8, 4) is 5.75 Å². The SMILES string of the molecule is Cc1cc([S+](c2ccccc2)c2ccccc2)cc(C)c1OCCCN(C)C. The van der Waals surface area contributed by atoms with Gasteiger partial charge in [-0.25, -0.2) is 0 Å². The number of aryl methyl sites for hydroxylation is 2. The van der Waals surface area contributed by atoms with Crippen LogP contribution in [0.2, 0.25) is 0 Å². The van der Waals surface area contributed by atoms with Crippen LogP contribution in [0.4, 0.5) is 0 Å². The zero-order valence-corrected chi connectivity index (χ0v) is 18.1. The first-order chi connectivity index (χ1) is 13.6. The molecule has 0 unspecified atom stereocenters. The summed E-state index contributed by atoms with van der Waals surface area (Å²) in [7, 11) is 4.07. The van der Waals surface area contributed by atoms with Gasteiger partial charge in [-0.05, 0) is 69.8 Å². The number of benzene rings is 3. The predicted molar refractivity (Wildman–Crippen MR) is 120 cm³/mol. The Labute approximate surface area is 172 Å². The molecule has 3 rings (SSSR count). The van der Waals surface area contributed by atoms with E-state index in [0.29, 0.717) is 0 Å². The van der Waals surface area contributed by atoms with E-state index >= 15 is 0 Å². The summed E-state index contributed by atoms with van der Waals surface area (Å²) in [6, 6.07) is 26.2. The fraction of sp³-hybridized carbons (Fsp3) is 0.280. The Morgan fingerprint density at radius 2 is 1.25 bits per heavy atom. The Morgan fingerprint density at radius 1 is 0.750 bits per heavy atom. The van der Waals surface area contributed by atoms with Crippen molar-refractivity contribution in [3.63, 3.8) is 0 Å². The summed E-state index contributed by atoms with van der Waals surface area (Å²) in [5.74, 6) is 1.03. The lowest BCUT2D eigenvalue weighted by Gasteiger charge is -2.15. The number of rotatable bonds is 8. The average Bonchev–Trinajstić information content (AvgIpc) is 2.68. The second-order valence-electron chi connectivity index (χ2n) is 7.32. The van der Waals surface area contributed by atoms with E-state index in [2.05, 4.69) is 106 Å². The largest absolute Gasteiger partial charge is 0.493 e. The van der Waals surface area contributed by atoms with Crippen LogP contribution in [0.5, 0.6) is 5.75 Å². The molecule has 0 saturated heterocycles. The van der Waals surface area contributed by atoms with E-state index in [1.807, 2.05) is 0 Å². The summed E-state index contributed by atoms with van der Waals surface area (Å²) in [5, 5.41) is 0. The van der Waals surface area contributed by atoms with Crippen LogP contribution in [0.25, 0.3) is 0 Å². The third-order valence-electron chi connectivity index (χ3n) is 4.62. The molecule has 146 valence electrons. The lowest BCUT2D eigenvalue weighted by Crippen LogP contribution is -2.16. The summed E-state index contributed by atoms with van der Waals surface area (Å²) in [6.45, 7) is 6.12. The lowest BCUT2D eigenvalue weighted by molar-refractivity contribution is 0.278. The van der Waals surface area contributed by atoms with E-state index in [1.165, 1.54) is 25.8 Å². The quantitative estimate of drug-likeness (QED) is 0.358. The highest BCUT2D eigenvalue weighted by Crippen LogP contribution is 2.35. The molecule has 0 fully saturated rings. The molecule has 3 aromatic carbocycles. The van der Waals surface area contributed by atoms with Crippen LogP contribution in [-0.4, -0.2) is 32.1 Å². The van der Waals surface area contributed by atoms with E-state index in [0.717, 1.165) is 25.3 Å². The van der Waals surface area contributed by atoms with Gasteiger partial charge in [-0.15, -0.1) is 0 Å². The maximum atomic E-state index is 6.14. The van der Waals surface area contributed by atoms with E-state index in [9.17, 15) is 0 Å². The van der Waals surface area contributed by atoms with Gasteiger partial charge in [0.25, 0.3) is 0 Å². The third kappa shape index (κ3) is 5.18. The van der Waals surface area contributed by atoms with E-state index < -0.39 is 0 Å². The molecule has 0 aliphatic carbocycles. The molecule has 0 heterocycles. The van der Waals surface area contributed by atoms with Gasteiger partial charge in [-0.3, -0.25) is 0 Å². The molecule has 0 spiro atoms. The van der Waals surface area contributed by atoms with E-state index in [4.69, 9.17) is 4.74 Å². The van der Waals surface area contributed by atoms with Crippen molar-refractivity contribution in [1.29, 1.82) is 0 Å². The molecule has 0 bridgehead atoms. The Kier molecular flexibility index (Phi) is 7.18. The van der Waals surface area contributed by atoms with Crippen LogP contribution in [0, 0.1) is 13.8 Å². The second-order valence-corrected chi connectivity index (χ2v) is 9.35. The summed E-state index contributed by atoms with van der Waals surface area (Å²) >= 11 is 0. The minimum Gasteiger partial charge on any atom is -0.493 e. The summed E-state index contributed by atoms with van der Waals surface area (Å²) in [5.41, 5.74) is 2.42. The first-order valence-corrected chi connectivity index (χ1v) is 11.0. The standard InChI is InChI=1S/C25H30NOS/c1-20-18-24(19-21(2)25(20)27-17-11-16-26(3)4)28(22-12-7-5-8-13-22)23-14-9-6-10-15-23/h5-10,12-15,18-19H,11,16-17H2,1-4H3/q+1. The van der Waals surface area contributed by atoms with Gasteiger partial charge in [0.15, 0.2) is 14.7 Å². The van der Waals surface area contributed by atoms with Crippen LogP contribution >= 0.6 is 0 Å². The highest BCUT2D eigenvalue weighted by Gasteiger charge is 2.29. The van der Waals surface area contributed by atoms with Crippen LogP contribution in [0.3, 0.4) is 0 Å². The van der Waals surface area contributed by atoms with Gasteiger partial charge in [0.05, 0.1) is 17.5 Å². The third-order valence-corrected chi connectivity index (χ3v) is 6.82.